The van der Waals surface area contributed by atoms with Crippen LogP contribution in [0.1, 0.15) is 34.1 Å². The number of fused-ring (bicyclic) bond motifs is 1. The van der Waals surface area contributed by atoms with E-state index in [0.29, 0.717) is 18.1 Å². The van der Waals surface area contributed by atoms with Gasteiger partial charge in [0.2, 0.25) is 0 Å². The van der Waals surface area contributed by atoms with Crippen molar-refractivity contribution in [3.05, 3.63) is 36.8 Å². The standard InChI is InChI=1S/C16H17N5O.C3H6F3N.C2H6/c1-3-16(2,10-22)21-13-6-8-18-15(20-13)12-9-19-14-11(12)5-4-7-17-14;1-7-2-3(4,5)6;1-2/h4-10H,3H2,1-2H3,(H,17,19)(H,18,20,21);7H,2H2,1H3;1-2H3. The number of rotatable bonds is 6. The molecule has 0 bridgehead atoms. The normalized spacial score (nSPS) is 12.6. The first kappa shape index (κ1) is 26.0. The molecule has 7 nitrogen and oxygen atoms in total. The molecule has 0 aliphatic heterocycles. The van der Waals surface area contributed by atoms with Gasteiger partial charge in [0, 0.05) is 29.5 Å². The number of anilines is 1. The van der Waals surface area contributed by atoms with Crippen LogP contribution in [0, 0.1) is 0 Å². The van der Waals surface area contributed by atoms with Crippen molar-refractivity contribution in [3.8, 4) is 11.4 Å². The Morgan fingerprint density at radius 2 is 1.87 bits per heavy atom. The minimum atomic E-state index is -4.06. The first-order valence-corrected chi connectivity index (χ1v) is 9.92. The fourth-order valence-electron chi connectivity index (χ4n) is 2.39. The first-order chi connectivity index (χ1) is 14.7. The van der Waals surface area contributed by atoms with Crippen molar-refractivity contribution >= 4 is 23.1 Å². The predicted octanol–water partition coefficient (Wildman–Crippen LogP) is 4.59. The first-order valence-electron chi connectivity index (χ1n) is 9.92. The molecule has 3 aromatic rings. The Balaban J connectivity index is 0.000000457. The monoisotopic (exact) mass is 438 g/mol. The SMILES string of the molecule is CC.CCC(C)(C=O)Nc1ccnc(-c2c[nH]c3ncccc23)n1.CNCC(F)(F)F. The summed E-state index contributed by atoms with van der Waals surface area (Å²) in [6.07, 6.45) is 2.78. The van der Waals surface area contributed by atoms with Crippen molar-refractivity contribution < 1.29 is 18.0 Å². The lowest BCUT2D eigenvalue weighted by Crippen LogP contribution is -2.36. The highest BCUT2D eigenvalue weighted by molar-refractivity contribution is 5.91. The van der Waals surface area contributed by atoms with E-state index in [1.165, 1.54) is 7.05 Å². The summed E-state index contributed by atoms with van der Waals surface area (Å²) in [7, 11) is 1.26. The zero-order valence-electron chi connectivity index (χ0n) is 18.3. The zero-order valence-corrected chi connectivity index (χ0v) is 18.3. The maximum absolute atomic E-state index is 11.2. The van der Waals surface area contributed by atoms with Crippen LogP contribution >= 0.6 is 0 Å². The summed E-state index contributed by atoms with van der Waals surface area (Å²) in [5.74, 6) is 1.22. The molecule has 170 valence electrons. The van der Waals surface area contributed by atoms with Gasteiger partial charge in [0.15, 0.2) is 5.82 Å². The lowest BCUT2D eigenvalue weighted by molar-refractivity contribution is -0.123. The molecule has 0 aromatic carbocycles. The van der Waals surface area contributed by atoms with E-state index >= 15 is 0 Å². The van der Waals surface area contributed by atoms with Crippen LogP contribution in [0.3, 0.4) is 0 Å². The van der Waals surface area contributed by atoms with Crippen molar-refractivity contribution in [1.82, 2.24) is 25.3 Å². The molecular weight excluding hydrogens is 409 g/mol. The summed E-state index contributed by atoms with van der Waals surface area (Å²) < 4.78 is 33.0. The highest BCUT2D eigenvalue weighted by Gasteiger charge is 2.25. The van der Waals surface area contributed by atoms with Gasteiger partial charge in [0.05, 0.1) is 12.1 Å². The molecule has 0 spiro atoms. The van der Waals surface area contributed by atoms with Gasteiger partial charge in [-0.05, 0) is 38.6 Å². The number of carbonyl (C=O) groups excluding carboxylic acids is 1. The molecule has 0 saturated carbocycles. The van der Waals surface area contributed by atoms with Crippen LogP contribution in [-0.4, -0.2) is 51.5 Å². The Morgan fingerprint density at radius 1 is 1.16 bits per heavy atom. The van der Waals surface area contributed by atoms with Crippen LogP contribution in [-0.2, 0) is 4.79 Å². The van der Waals surface area contributed by atoms with Crippen LogP contribution in [0.25, 0.3) is 22.4 Å². The molecule has 0 radical (unpaired) electrons. The third-order valence-corrected chi connectivity index (χ3v) is 4.13. The topological polar surface area (TPSA) is 95.6 Å². The van der Waals surface area contributed by atoms with Crippen molar-refractivity contribution in [2.45, 2.75) is 45.8 Å². The molecule has 10 heteroatoms. The van der Waals surface area contributed by atoms with Crippen molar-refractivity contribution in [2.75, 3.05) is 18.9 Å². The van der Waals surface area contributed by atoms with E-state index in [0.717, 1.165) is 22.9 Å². The van der Waals surface area contributed by atoms with E-state index in [-0.39, 0.29) is 0 Å². The van der Waals surface area contributed by atoms with E-state index in [9.17, 15) is 18.0 Å². The number of H-pyrrole nitrogens is 1. The van der Waals surface area contributed by atoms with Crippen LogP contribution in [0.15, 0.2) is 36.8 Å². The Kier molecular flexibility index (Phi) is 10.1. The molecule has 0 aliphatic rings. The molecule has 3 N–H and O–H groups in total. The Hall–Kier alpha value is -3.01. The third-order valence-electron chi connectivity index (χ3n) is 4.13. The molecule has 31 heavy (non-hydrogen) atoms. The smallest absolute Gasteiger partial charge is 0.358 e. The molecule has 0 saturated heterocycles. The van der Waals surface area contributed by atoms with E-state index in [1.54, 1.807) is 18.5 Å². The number of hydrogen-bond acceptors (Lipinski definition) is 6. The van der Waals surface area contributed by atoms with Gasteiger partial charge in [-0.25, -0.2) is 15.0 Å². The van der Waals surface area contributed by atoms with Crippen molar-refractivity contribution in [1.29, 1.82) is 0 Å². The van der Waals surface area contributed by atoms with Gasteiger partial charge in [-0.2, -0.15) is 13.2 Å². The van der Waals surface area contributed by atoms with Gasteiger partial charge < -0.3 is 20.4 Å². The average molecular weight is 438 g/mol. The summed E-state index contributed by atoms with van der Waals surface area (Å²) in [4.78, 5) is 27.4. The quantitative estimate of drug-likeness (QED) is 0.487. The Bertz CT molecular complexity index is 944. The minimum Gasteiger partial charge on any atom is -0.358 e. The van der Waals surface area contributed by atoms with Crippen molar-refractivity contribution in [2.24, 2.45) is 0 Å². The predicted molar refractivity (Wildman–Crippen MR) is 117 cm³/mol. The van der Waals surface area contributed by atoms with Crippen molar-refractivity contribution in [3.63, 3.8) is 0 Å². The maximum Gasteiger partial charge on any atom is 0.401 e. The second kappa shape index (κ2) is 12.0. The second-order valence-corrected chi connectivity index (χ2v) is 6.53. The summed E-state index contributed by atoms with van der Waals surface area (Å²) in [5, 5.41) is 6.11. The lowest BCUT2D eigenvalue weighted by atomic mass is 10.0. The Labute approximate surface area is 179 Å². The average Bonchev–Trinajstić information content (AvgIpc) is 3.19. The maximum atomic E-state index is 11.2. The summed E-state index contributed by atoms with van der Waals surface area (Å²) >= 11 is 0. The summed E-state index contributed by atoms with van der Waals surface area (Å²) in [5.41, 5.74) is 1.05. The van der Waals surface area contributed by atoms with Gasteiger partial charge in [-0.3, -0.25) is 0 Å². The number of alkyl halides is 3. The van der Waals surface area contributed by atoms with E-state index in [1.807, 2.05) is 51.3 Å². The van der Waals surface area contributed by atoms with Crippen LogP contribution in [0.5, 0.6) is 0 Å². The molecular formula is C21H29F3N6O. The number of pyridine rings is 1. The fraction of sp³-hybridized carbons (Fsp3) is 0.429. The minimum absolute atomic E-state index is 0.591. The van der Waals surface area contributed by atoms with Crippen LogP contribution < -0.4 is 10.6 Å². The molecule has 1 atom stereocenters. The number of hydrogen-bond donors (Lipinski definition) is 3. The highest BCUT2D eigenvalue weighted by atomic mass is 19.4. The third kappa shape index (κ3) is 7.97. The molecule has 3 rings (SSSR count). The summed E-state index contributed by atoms with van der Waals surface area (Å²) in [6, 6.07) is 5.61. The highest BCUT2D eigenvalue weighted by Crippen LogP contribution is 2.25. The molecule has 0 fully saturated rings. The number of carbonyl (C=O) groups is 1. The molecule has 3 aromatic heterocycles. The number of nitrogens with zero attached hydrogens (tertiary/aromatic N) is 3. The van der Waals surface area contributed by atoms with Crippen LogP contribution in [0.2, 0.25) is 0 Å². The lowest BCUT2D eigenvalue weighted by Gasteiger charge is -2.23. The number of nitrogens with one attached hydrogen (secondary N) is 3. The van der Waals surface area contributed by atoms with Gasteiger partial charge >= 0.3 is 6.18 Å². The largest absolute Gasteiger partial charge is 0.401 e. The Morgan fingerprint density at radius 3 is 2.42 bits per heavy atom. The second-order valence-electron chi connectivity index (χ2n) is 6.53. The fourth-order valence-corrected chi connectivity index (χ4v) is 2.39. The van der Waals surface area contributed by atoms with Gasteiger partial charge in [-0.15, -0.1) is 0 Å². The van der Waals surface area contributed by atoms with Gasteiger partial charge in [0.25, 0.3) is 0 Å². The van der Waals surface area contributed by atoms with Gasteiger partial charge in [0.1, 0.15) is 17.8 Å². The molecule has 0 aliphatic carbocycles. The zero-order chi connectivity index (χ0) is 23.5. The number of aromatic nitrogens is 4. The van der Waals surface area contributed by atoms with E-state index in [4.69, 9.17) is 0 Å². The summed E-state index contributed by atoms with van der Waals surface area (Å²) in [6.45, 7) is 6.89. The number of halogens is 3. The van der Waals surface area contributed by atoms with Crippen LogP contribution in [0.4, 0.5) is 19.0 Å². The van der Waals surface area contributed by atoms with E-state index < -0.39 is 18.3 Å². The molecule has 1 unspecified atom stereocenters. The van der Waals surface area contributed by atoms with E-state index in [2.05, 4.69) is 25.3 Å². The molecule has 3 heterocycles. The number of aldehydes is 1. The van der Waals surface area contributed by atoms with Gasteiger partial charge in [-0.1, -0.05) is 20.8 Å². The molecule has 0 amide bonds. The number of aromatic amines is 1.